The molecule has 1 N–H and O–H groups in total. The number of carbonyl (C=O) groups is 2. The molecule has 2 aromatic rings. The van der Waals surface area contributed by atoms with Crippen molar-refractivity contribution in [1.82, 2.24) is 0 Å². The molecule has 0 radical (unpaired) electrons. The van der Waals surface area contributed by atoms with Crippen LogP contribution in [-0.2, 0) is 14.3 Å². The number of anilines is 1. The molecule has 0 bridgehead atoms. The second-order valence-corrected chi connectivity index (χ2v) is 6.24. The number of aryl methyl sites for hydroxylation is 1. The standard InChI is InChI=1S/C20H22ClNO5/c1-13-6-4-5-7-17(13)26-11-10-19(23)27-14(2)20(24)22-15-8-9-18(25-3)16(21)12-15/h4-9,12,14H,10-11H2,1-3H3,(H,22,24)/t14-/m1/s1. The van der Waals surface area contributed by atoms with Gasteiger partial charge in [0.15, 0.2) is 6.10 Å². The predicted molar refractivity (Wildman–Crippen MR) is 103 cm³/mol. The number of halogens is 1. The Hall–Kier alpha value is -2.73. The highest BCUT2D eigenvalue weighted by atomic mass is 35.5. The molecule has 0 aliphatic carbocycles. The second kappa shape index (κ2) is 9.83. The molecule has 7 heteroatoms. The maximum Gasteiger partial charge on any atom is 0.310 e. The number of para-hydroxylation sites is 1. The van der Waals surface area contributed by atoms with Crippen molar-refractivity contribution < 1.29 is 23.8 Å². The first-order valence-electron chi connectivity index (χ1n) is 8.43. The zero-order valence-corrected chi connectivity index (χ0v) is 16.2. The molecule has 144 valence electrons. The van der Waals surface area contributed by atoms with Crippen molar-refractivity contribution in [2.45, 2.75) is 26.4 Å². The summed E-state index contributed by atoms with van der Waals surface area (Å²) in [4.78, 5) is 24.1. The third-order valence-corrected chi connectivity index (χ3v) is 4.05. The molecule has 0 fully saturated rings. The van der Waals surface area contributed by atoms with Crippen molar-refractivity contribution in [2.75, 3.05) is 19.0 Å². The van der Waals surface area contributed by atoms with E-state index in [1.54, 1.807) is 18.2 Å². The van der Waals surface area contributed by atoms with Crippen LogP contribution in [0.4, 0.5) is 5.69 Å². The topological polar surface area (TPSA) is 73.9 Å². The average molecular weight is 392 g/mol. The van der Waals surface area contributed by atoms with Crippen LogP contribution in [0, 0.1) is 6.92 Å². The lowest BCUT2D eigenvalue weighted by molar-refractivity contribution is -0.153. The van der Waals surface area contributed by atoms with Crippen LogP contribution in [-0.4, -0.2) is 31.7 Å². The summed E-state index contributed by atoms with van der Waals surface area (Å²) in [6.45, 7) is 3.60. The van der Waals surface area contributed by atoms with Gasteiger partial charge in [-0.3, -0.25) is 9.59 Å². The summed E-state index contributed by atoms with van der Waals surface area (Å²) in [7, 11) is 1.50. The fraction of sp³-hybridized carbons (Fsp3) is 0.300. The molecule has 0 saturated heterocycles. The molecule has 2 rings (SSSR count). The van der Waals surface area contributed by atoms with E-state index in [1.165, 1.54) is 14.0 Å². The summed E-state index contributed by atoms with van der Waals surface area (Å²) in [5.41, 5.74) is 1.47. The van der Waals surface area contributed by atoms with E-state index >= 15 is 0 Å². The van der Waals surface area contributed by atoms with E-state index in [1.807, 2.05) is 31.2 Å². The van der Waals surface area contributed by atoms with Gasteiger partial charge in [0.2, 0.25) is 0 Å². The molecule has 0 unspecified atom stereocenters. The lowest BCUT2D eigenvalue weighted by Gasteiger charge is -2.14. The summed E-state index contributed by atoms with van der Waals surface area (Å²) >= 11 is 6.02. The minimum absolute atomic E-state index is 0.0420. The van der Waals surface area contributed by atoms with E-state index in [4.69, 9.17) is 25.8 Å². The van der Waals surface area contributed by atoms with E-state index < -0.39 is 18.0 Å². The second-order valence-electron chi connectivity index (χ2n) is 5.83. The lowest BCUT2D eigenvalue weighted by atomic mass is 10.2. The Labute approximate surface area is 163 Å². The zero-order chi connectivity index (χ0) is 19.8. The van der Waals surface area contributed by atoms with Crippen molar-refractivity contribution in [3.8, 4) is 11.5 Å². The van der Waals surface area contributed by atoms with Gasteiger partial charge < -0.3 is 19.5 Å². The van der Waals surface area contributed by atoms with Crippen molar-refractivity contribution in [2.24, 2.45) is 0 Å². The molecule has 1 atom stereocenters. The Morgan fingerprint density at radius 2 is 1.89 bits per heavy atom. The van der Waals surface area contributed by atoms with E-state index in [9.17, 15) is 9.59 Å². The smallest absolute Gasteiger partial charge is 0.310 e. The number of benzene rings is 2. The van der Waals surface area contributed by atoms with Crippen LogP contribution in [0.5, 0.6) is 11.5 Å². The molecule has 0 saturated carbocycles. The zero-order valence-electron chi connectivity index (χ0n) is 15.5. The fourth-order valence-electron chi connectivity index (χ4n) is 2.26. The summed E-state index contributed by atoms with van der Waals surface area (Å²) in [5.74, 6) is 0.249. The molecule has 0 aliphatic heterocycles. The van der Waals surface area contributed by atoms with Gasteiger partial charge in [-0.25, -0.2) is 0 Å². The lowest BCUT2D eigenvalue weighted by Crippen LogP contribution is -2.30. The van der Waals surface area contributed by atoms with E-state index in [-0.39, 0.29) is 13.0 Å². The van der Waals surface area contributed by atoms with Gasteiger partial charge in [-0.15, -0.1) is 0 Å². The Morgan fingerprint density at radius 3 is 2.56 bits per heavy atom. The number of hydrogen-bond acceptors (Lipinski definition) is 5. The van der Waals surface area contributed by atoms with E-state index in [0.29, 0.717) is 22.2 Å². The van der Waals surface area contributed by atoms with Crippen LogP contribution in [0.2, 0.25) is 5.02 Å². The summed E-state index contributed by atoms with van der Waals surface area (Å²) < 4.78 is 15.7. The molecule has 0 aromatic heterocycles. The Bertz CT molecular complexity index is 809. The van der Waals surface area contributed by atoms with Crippen LogP contribution in [0.3, 0.4) is 0 Å². The number of rotatable bonds is 8. The highest BCUT2D eigenvalue weighted by molar-refractivity contribution is 6.32. The van der Waals surface area contributed by atoms with Gasteiger partial charge >= 0.3 is 5.97 Å². The summed E-state index contributed by atoms with van der Waals surface area (Å²) in [6.07, 6.45) is -0.905. The number of carbonyl (C=O) groups excluding carboxylic acids is 2. The van der Waals surface area contributed by atoms with E-state index in [0.717, 1.165) is 5.56 Å². The Morgan fingerprint density at radius 1 is 1.15 bits per heavy atom. The number of amides is 1. The minimum atomic E-state index is -0.947. The molecule has 6 nitrogen and oxygen atoms in total. The minimum Gasteiger partial charge on any atom is -0.495 e. The average Bonchev–Trinajstić information content (AvgIpc) is 2.63. The van der Waals surface area contributed by atoms with Gasteiger partial charge in [-0.2, -0.15) is 0 Å². The molecule has 0 spiro atoms. The third-order valence-electron chi connectivity index (χ3n) is 3.75. The number of ether oxygens (including phenoxy) is 3. The van der Waals surface area contributed by atoms with Crippen molar-refractivity contribution >= 4 is 29.2 Å². The molecule has 0 heterocycles. The van der Waals surface area contributed by atoms with Gasteiger partial charge in [0, 0.05) is 5.69 Å². The van der Waals surface area contributed by atoms with Crippen molar-refractivity contribution in [3.63, 3.8) is 0 Å². The SMILES string of the molecule is COc1ccc(NC(=O)[C@@H](C)OC(=O)CCOc2ccccc2C)cc1Cl. The number of methoxy groups -OCH3 is 1. The first-order chi connectivity index (χ1) is 12.9. The monoisotopic (exact) mass is 391 g/mol. The van der Waals surface area contributed by atoms with Crippen LogP contribution >= 0.6 is 11.6 Å². The summed E-state index contributed by atoms with van der Waals surface area (Å²) in [6, 6.07) is 12.4. The van der Waals surface area contributed by atoms with Crippen LogP contribution in [0.25, 0.3) is 0 Å². The number of esters is 1. The Balaban J connectivity index is 1.78. The molecule has 27 heavy (non-hydrogen) atoms. The van der Waals surface area contributed by atoms with Crippen LogP contribution in [0.1, 0.15) is 18.9 Å². The van der Waals surface area contributed by atoms with E-state index in [2.05, 4.69) is 5.32 Å². The fourth-order valence-corrected chi connectivity index (χ4v) is 2.52. The van der Waals surface area contributed by atoms with Gasteiger partial charge in [-0.1, -0.05) is 29.8 Å². The molecule has 0 aliphatic rings. The molecule has 1 amide bonds. The van der Waals surface area contributed by atoms with Gasteiger partial charge in [0.1, 0.15) is 11.5 Å². The molecule has 2 aromatic carbocycles. The van der Waals surface area contributed by atoms with Crippen molar-refractivity contribution in [1.29, 1.82) is 0 Å². The quantitative estimate of drug-likeness (QED) is 0.688. The van der Waals surface area contributed by atoms with Gasteiger partial charge in [0.25, 0.3) is 5.91 Å². The van der Waals surface area contributed by atoms with Gasteiger partial charge in [-0.05, 0) is 43.7 Å². The molecular formula is C20H22ClNO5. The summed E-state index contributed by atoms with van der Waals surface area (Å²) in [5, 5.41) is 3.01. The predicted octanol–water partition coefficient (Wildman–Crippen LogP) is 4.00. The maximum atomic E-state index is 12.2. The van der Waals surface area contributed by atoms with Crippen LogP contribution < -0.4 is 14.8 Å². The highest BCUT2D eigenvalue weighted by Gasteiger charge is 2.18. The largest absolute Gasteiger partial charge is 0.495 e. The van der Waals surface area contributed by atoms with Gasteiger partial charge in [0.05, 0.1) is 25.2 Å². The first kappa shape index (κ1) is 20.6. The normalized spacial score (nSPS) is 11.4. The first-order valence-corrected chi connectivity index (χ1v) is 8.81. The van der Waals surface area contributed by atoms with Crippen LogP contribution in [0.15, 0.2) is 42.5 Å². The molecular weight excluding hydrogens is 370 g/mol. The number of hydrogen-bond donors (Lipinski definition) is 1. The third kappa shape index (κ3) is 6.18. The highest BCUT2D eigenvalue weighted by Crippen LogP contribution is 2.27. The number of nitrogens with one attached hydrogen (secondary N) is 1. The van der Waals surface area contributed by atoms with Crippen molar-refractivity contribution in [3.05, 3.63) is 53.1 Å². The maximum absolute atomic E-state index is 12.2. The Kier molecular flexibility index (Phi) is 7.49.